The average molecular weight is 372 g/mol. The van der Waals surface area contributed by atoms with Gasteiger partial charge in [0.1, 0.15) is 0 Å². The zero-order valence-electron chi connectivity index (χ0n) is 14.9. The lowest BCUT2D eigenvalue weighted by Gasteiger charge is -2.27. The molecule has 1 saturated carbocycles. The Kier molecular flexibility index (Phi) is 5.43. The van der Waals surface area contributed by atoms with Crippen molar-refractivity contribution in [2.45, 2.75) is 37.3 Å². The smallest absolute Gasteiger partial charge is 0.232 e. The summed E-state index contributed by atoms with van der Waals surface area (Å²) in [6.07, 6.45) is 6.14. The molecule has 2 fully saturated rings. The van der Waals surface area contributed by atoms with Crippen LogP contribution in [0.4, 0.5) is 5.95 Å². The van der Waals surface area contributed by atoms with Crippen LogP contribution in [0.3, 0.4) is 0 Å². The zero-order chi connectivity index (χ0) is 17.8. The van der Waals surface area contributed by atoms with Crippen molar-refractivity contribution in [1.82, 2.24) is 20.1 Å². The summed E-state index contributed by atoms with van der Waals surface area (Å²) < 4.78 is 2.09. The maximum absolute atomic E-state index is 12.1. The molecule has 1 amide bonds. The molecule has 1 N–H and O–H groups in total. The van der Waals surface area contributed by atoms with Gasteiger partial charge in [-0.3, -0.25) is 9.36 Å². The molecule has 7 heteroatoms. The topological polar surface area (TPSA) is 63.1 Å². The third kappa shape index (κ3) is 4.20. The maximum atomic E-state index is 12.1. The summed E-state index contributed by atoms with van der Waals surface area (Å²) in [7, 11) is 0. The number of nitrogens with one attached hydrogen (secondary N) is 1. The molecular formula is C19H25N5OS. The van der Waals surface area contributed by atoms with Crippen molar-refractivity contribution in [1.29, 1.82) is 0 Å². The van der Waals surface area contributed by atoms with Gasteiger partial charge in [0.25, 0.3) is 0 Å². The Morgan fingerprint density at radius 2 is 1.88 bits per heavy atom. The fourth-order valence-electron chi connectivity index (χ4n) is 3.22. The number of rotatable bonds is 7. The van der Waals surface area contributed by atoms with Crippen molar-refractivity contribution in [2.24, 2.45) is 5.92 Å². The molecule has 1 aliphatic carbocycles. The molecule has 0 spiro atoms. The van der Waals surface area contributed by atoms with Crippen LogP contribution in [0.5, 0.6) is 0 Å². The molecule has 1 aliphatic heterocycles. The second-order valence-electron chi connectivity index (χ2n) is 7.04. The number of benzene rings is 1. The largest absolute Gasteiger partial charge is 0.355 e. The normalized spacial score (nSPS) is 17.3. The van der Waals surface area contributed by atoms with Gasteiger partial charge < -0.3 is 10.2 Å². The number of thioether (sulfide) groups is 1. The number of nitrogens with zero attached hydrogens (tertiary/aromatic N) is 4. The minimum atomic E-state index is 0.0732. The number of amides is 1. The first-order chi connectivity index (χ1) is 12.8. The maximum Gasteiger partial charge on any atom is 0.232 e. The molecule has 4 rings (SSSR count). The first-order valence-corrected chi connectivity index (χ1v) is 10.4. The lowest BCUT2D eigenvalue weighted by atomic mass is 10.1. The van der Waals surface area contributed by atoms with Gasteiger partial charge in [0.05, 0.1) is 11.4 Å². The van der Waals surface area contributed by atoms with Crippen molar-refractivity contribution in [2.75, 3.05) is 30.3 Å². The molecule has 6 nitrogen and oxygen atoms in total. The number of piperidine rings is 1. The third-order valence-electron chi connectivity index (χ3n) is 4.89. The molecule has 2 aromatic rings. The number of para-hydroxylation sites is 1. The Morgan fingerprint density at radius 3 is 2.62 bits per heavy atom. The lowest BCUT2D eigenvalue weighted by Crippen LogP contribution is -2.31. The summed E-state index contributed by atoms with van der Waals surface area (Å²) >= 11 is 1.46. The highest BCUT2D eigenvalue weighted by atomic mass is 32.2. The molecule has 2 heterocycles. The molecule has 2 aliphatic rings. The Hall–Kier alpha value is -2.02. The summed E-state index contributed by atoms with van der Waals surface area (Å²) in [5.41, 5.74) is 1.04. The molecule has 0 bridgehead atoms. The van der Waals surface area contributed by atoms with Crippen LogP contribution in [-0.2, 0) is 4.79 Å². The van der Waals surface area contributed by atoms with E-state index in [0.717, 1.165) is 36.4 Å². The van der Waals surface area contributed by atoms with Gasteiger partial charge in [0.15, 0.2) is 5.16 Å². The molecular weight excluding hydrogens is 346 g/mol. The van der Waals surface area contributed by atoms with Gasteiger partial charge in [0.2, 0.25) is 11.9 Å². The number of carbonyl (C=O) groups is 1. The molecule has 138 valence electrons. The summed E-state index contributed by atoms with van der Waals surface area (Å²) in [5.74, 6) is 2.03. The molecule has 0 unspecified atom stereocenters. The monoisotopic (exact) mass is 371 g/mol. The predicted octanol–water partition coefficient (Wildman–Crippen LogP) is 2.88. The average Bonchev–Trinajstić information content (AvgIpc) is 3.43. The van der Waals surface area contributed by atoms with E-state index in [-0.39, 0.29) is 5.91 Å². The van der Waals surface area contributed by atoms with E-state index in [0.29, 0.717) is 11.7 Å². The fraction of sp³-hybridized carbons (Fsp3) is 0.526. The van der Waals surface area contributed by atoms with Gasteiger partial charge >= 0.3 is 0 Å². The van der Waals surface area contributed by atoms with E-state index < -0.39 is 0 Å². The SMILES string of the molecule is O=C(CSc1nnc(N2CCCCC2)n1-c1ccccc1)NCC1CC1. The minimum Gasteiger partial charge on any atom is -0.355 e. The van der Waals surface area contributed by atoms with Crippen molar-refractivity contribution in [3.05, 3.63) is 30.3 Å². The highest BCUT2D eigenvalue weighted by Crippen LogP contribution is 2.29. The second-order valence-corrected chi connectivity index (χ2v) is 7.98. The number of hydrogen-bond donors (Lipinski definition) is 1. The third-order valence-corrected chi connectivity index (χ3v) is 5.82. The summed E-state index contributed by atoms with van der Waals surface area (Å²) in [5, 5.41) is 12.7. The zero-order valence-corrected chi connectivity index (χ0v) is 15.7. The molecule has 26 heavy (non-hydrogen) atoms. The van der Waals surface area contributed by atoms with Crippen LogP contribution in [0.15, 0.2) is 35.5 Å². The molecule has 0 radical (unpaired) electrons. The van der Waals surface area contributed by atoms with Crippen LogP contribution in [0, 0.1) is 5.92 Å². The number of anilines is 1. The van der Waals surface area contributed by atoms with E-state index in [9.17, 15) is 4.79 Å². The van der Waals surface area contributed by atoms with Gasteiger partial charge in [-0.2, -0.15) is 0 Å². The number of hydrogen-bond acceptors (Lipinski definition) is 5. The van der Waals surface area contributed by atoms with E-state index in [1.54, 1.807) is 0 Å². The Labute approximate surface area is 158 Å². The van der Waals surface area contributed by atoms with Crippen LogP contribution in [0.2, 0.25) is 0 Å². The number of aromatic nitrogens is 3. The quantitative estimate of drug-likeness (QED) is 0.758. The second kappa shape index (κ2) is 8.12. The van der Waals surface area contributed by atoms with Gasteiger partial charge in [-0.25, -0.2) is 0 Å². The first-order valence-electron chi connectivity index (χ1n) is 9.46. The molecule has 1 aromatic carbocycles. The van der Waals surface area contributed by atoms with E-state index in [2.05, 4.69) is 37.1 Å². The van der Waals surface area contributed by atoms with Crippen molar-refractivity contribution in [3.8, 4) is 5.69 Å². The first kappa shape index (κ1) is 17.4. The van der Waals surface area contributed by atoms with Crippen molar-refractivity contribution >= 4 is 23.6 Å². The molecule has 1 saturated heterocycles. The Morgan fingerprint density at radius 1 is 1.12 bits per heavy atom. The van der Waals surface area contributed by atoms with Crippen LogP contribution in [0.25, 0.3) is 5.69 Å². The van der Waals surface area contributed by atoms with Crippen molar-refractivity contribution in [3.63, 3.8) is 0 Å². The van der Waals surface area contributed by atoms with Crippen LogP contribution in [-0.4, -0.2) is 46.1 Å². The van der Waals surface area contributed by atoms with Gasteiger partial charge in [-0.1, -0.05) is 30.0 Å². The summed E-state index contributed by atoms with van der Waals surface area (Å²) in [4.78, 5) is 14.4. The van der Waals surface area contributed by atoms with E-state index in [1.807, 2.05) is 18.2 Å². The standard InChI is InChI=1S/C19H25N5OS/c25-17(20-13-15-9-10-15)14-26-19-22-21-18(23-11-5-2-6-12-23)24(19)16-7-3-1-4-8-16/h1,3-4,7-8,15H,2,5-6,9-14H2,(H,20,25). The molecule has 1 aromatic heterocycles. The highest BCUT2D eigenvalue weighted by Gasteiger charge is 2.23. The van der Waals surface area contributed by atoms with Crippen LogP contribution < -0.4 is 10.2 Å². The Balaban J connectivity index is 1.51. The van der Waals surface area contributed by atoms with E-state index >= 15 is 0 Å². The lowest BCUT2D eigenvalue weighted by molar-refractivity contribution is -0.118. The van der Waals surface area contributed by atoms with E-state index in [4.69, 9.17) is 0 Å². The Bertz CT molecular complexity index is 738. The molecule has 0 atom stereocenters. The van der Waals surface area contributed by atoms with Gasteiger partial charge in [-0.05, 0) is 50.2 Å². The summed E-state index contributed by atoms with van der Waals surface area (Å²) in [6.45, 7) is 2.83. The van der Waals surface area contributed by atoms with Gasteiger partial charge in [0, 0.05) is 19.6 Å². The van der Waals surface area contributed by atoms with E-state index in [1.165, 1.54) is 43.9 Å². The fourth-order valence-corrected chi connectivity index (χ4v) is 4.00. The highest BCUT2D eigenvalue weighted by molar-refractivity contribution is 7.99. The van der Waals surface area contributed by atoms with Crippen molar-refractivity contribution < 1.29 is 4.79 Å². The summed E-state index contributed by atoms with van der Waals surface area (Å²) in [6, 6.07) is 10.2. The van der Waals surface area contributed by atoms with Crippen LogP contribution in [0.1, 0.15) is 32.1 Å². The van der Waals surface area contributed by atoms with Gasteiger partial charge in [-0.15, -0.1) is 10.2 Å². The number of carbonyl (C=O) groups excluding carboxylic acids is 1. The van der Waals surface area contributed by atoms with Crippen LogP contribution >= 0.6 is 11.8 Å². The predicted molar refractivity (Wildman–Crippen MR) is 104 cm³/mol. The minimum absolute atomic E-state index is 0.0732.